The van der Waals surface area contributed by atoms with Crippen LogP contribution in [0, 0.1) is 29.1 Å². The molecule has 2 N–H and O–H groups in total. The fraction of sp³-hybridized carbons (Fsp3) is 0.673. The summed E-state index contributed by atoms with van der Waals surface area (Å²) < 4.78 is 19.1. The van der Waals surface area contributed by atoms with Gasteiger partial charge >= 0.3 is 6.09 Å². The Balaban J connectivity index is 1.07. The molecule has 11 nitrogen and oxygen atoms in total. The molecule has 3 amide bonds. The summed E-state index contributed by atoms with van der Waals surface area (Å²) in [6, 6.07) is 9.20. The maximum atomic E-state index is 14.7. The lowest BCUT2D eigenvalue weighted by atomic mass is 9.48. The third kappa shape index (κ3) is 10.3. The van der Waals surface area contributed by atoms with Crippen molar-refractivity contribution in [2.45, 2.75) is 137 Å². The summed E-state index contributed by atoms with van der Waals surface area (Å²) >= 11 is 1.73. The maximum Gasteiger partial charge on any atom is 0.415 e. The summed E-state index contributed by atoms with van der Waals surface area (Å²) in [5.41, 5.74) is 9.18. The van der Waals surface area contributed by atoms with Gasteiger partial charge in [-0.05, 0) is 149 Å². The van der Waals surface area contributed by atoms with Crippen LogP contribution in [0.5, 0.6) is 0 Å². The summed E-state index contributed by atoms with van der Waals surface area (Å²) in [4.78, 5) is 46.2. The highest BCUT2D eigenvalue weighted by atomic mass is 127. The predicted octanol–water partition coefficient (Wildman–Crippen LogP) is 9.50. The molecular weight excluding hydrogens is 918 g/mol. The number of likely N-dealkylation sites (tertiary alicyclic amines) is 1. The summed E-state index contributed by atoms with van der Waals surface area (Å²) in [7, 11) is 1.88. The Morgan fingerprint density at radius 3 is 2.47 bits per heavy atom. The van der Waals surface area contributed by atoms with Crippen LogP contribution in [-0.2, 0) is 19.0 Å². The van der Waals surface area contributed by atoms with Gasteiger partial charge in [-0.15, -0.1) is 0 Å². The van der Waals surface area contributed by atoms with Crippen molar-refractivity contribution in [2.24, 2.45) is 29.1 Å². The number of allylic oxidation sites excluding steroid dienone is 5. The third-order valence-electron chi connectivity index (χ3n) is 15.4. The molecule has 1 aromatic carbocycles. The van der Waals surface area contributed by atoms with E-state index in [9.17, 15) is 14.4 Å². The molecule has 1 aromatic rings. The van der Waals surface area contributed by atoms with Gasteiger partial charge in [0.2, 0.25) is 5.91 Å². The molecule has 64 heavy (non-hydrogen) atoms. The quantitative estimate of drug-likeness (QED) is 0.0523. The van der Waals surface area contributed by atoms with Crippen LogP contribution in [0.4, 0.5) is 4.79 Å². The fourth-order valence-electron chi connectivity index (χ4n) is 12.7. The Morgan fingerprint density at radius 2 is 1.72 bits per heavy atom. The number of halogens is 1. The summed E-state index contributed by atoms with van der Waals surface area (Å²) in [5.74, 6) is 0.844. The topological polar surface area (TPSA) is 113 Å². The van der Waals surface area contributed by atoms with E-state index in [1.165, 1.54) is 61.1 Å². The first-order chi connectivity index (χ1) is 30.5. The number of amides is 3. The number of carbonyl (C=O) groups is 3. The Kier molecular flexibility index (Phi) is 15.6. The standard InChI is InChI=1S/C52H76IN5O6/c1-10-58-43-32-42-40(31-39(43)34(2)33-50(58,3)4)45(41-30-35-18-13-25-57-26-14-21-38(47(35)57)46(41)51(42,5)6)36-19-11-12-20-37(36)48(60)56(9)24-15-22-44(59)54-23-16-28-63-52(7,8)64-29-17-27-62-49(61)55-53/h11-12,19-20,30-32,34,38,41,43,46-47H,10,13-18,21-29,33H2,1-9H3,(H,54,59)(H,55,61). The lowest BCUT2D eigenvalue weighted by molar-refractivity contribution is -0.214. The number of hydrogen-bond acceptors (Lipinski definition) is 8. The Hall–Kier alpha value is -3.04. The Morgan fingerprint density at radius 1 is 0.984 bits per heavy atom. The van der Waals surface area contributed by atoms with Gasteiger partial charge in [-0.1, -0.05) is 69.7 Å². The van der Waals surface area contributed by atoms with E-state index in [1.807, 2.05) is 37.9 Å². The number of nitrogens with one attached hydrogen (secondary N) is 2. The molecule has 3 heterocycles. The van der Waals surface area contributed by atoms with E-state index in [-0.39, 0.29) is 41.3 Å². The molecule has 3 fully saturated rings. The van der Waals surface area contributed by atoms with Crippen molar-refractivity contribution in [2.75, 3.05) is 59.6 Å². The fourth-order valence-corrected chi connectivity index (χ4v) is 12.9. The number of rotatable bonds is 17. The number of hydrogen-bond donors (Lipinski definition) is 2. The second kappa shape index (κ2) is 20.4. The van der Waals surface area contributed by atoms with Crippen molar-refractivity contribution in [3.63, 3.8) is 0 Å². The lowest BCUT2D eigenvalue weighted by Gasteiger charge is -2.60. The van der Waals surface area contributed by atoms with Crippen molar-refractivity contribution < 1.29 is 28.6 Å². The van der Waals surface area contributed by atoms with Gasteiger partial charge in [0.15, 0.2) is 5.79 Å². The molecular formula is C52H76IN5O6. The molecule has 3 saturated heterocycles. The molecule has 0 bridgehead atoms. The van der Waals surface area contributed by atoms with Gasteiger partial charge in [0.05, 0.1) is 48.7 Å². The first-order valence-electron chi connectivity index (χ1n) is 24.3. The minimum atomic E-state index is -0.793. The molecule has 3 aliphatic heterocycles. The zero-order chi connectivity index (χ0) is 46.0. The molecule has 6 aliphatic rings. The van der Waals surface area contributed by atoms with Gasteiger partial charge in [0, 0.05) is 56.0 Å². The van der Waals surface area contributed by atoms with Crippen molar-refractivity contribution in [1.29, 1.82) is 0 Å². The number of ether oxygens (including phenoxy) is 3. The molecule has 6 atom stereocenters. The SMILES string of the molecule is CCN1C2C=C3C(=C(c4ccccc4C(=O)N(C)CCCC(=O)NCCCOC(C)(C)OCCCOC(=O)NI)C4C=C5CCCN6CCCC(C56)C4C3(C)C)C=C2C(C)CC1(C)C. The van der Waals surface area contributed by atoms with E-state index in [2.05, 4.69) is 90.6 Å². The van der Waals surface area contributed by atoms with Gasteiger partial charge in [0.1, 0.15) is 0 Å². The van der Waals surface area contributed by atoms with E-state index in [4.69, 9.17) is 14.2 Å². The van der Waals surface area contributed by atoms with Crippen LogP contribution in [0.25, 0.3) is 5.57 Å². The summed E-state index contributed by atoms with van der Waals surface area (Å²) in [6.45, 7) is 23.8. The molecule has 3 aliphatic carbocycles. The van der Waals surface area contributed by atoms with Crippen LogP contribution in [0.3, 0.4) is 0 Å². The van der Waals surface area contributed by atoms with E-state index >= 15 is 0 Å². The average molecular weight is 994 g/mol. The number of piperidine rings is 3. The highest BCUT2D eigenvalue weighted by Crippen LogP contribution is 2.63. The maximum absolute atomic E-state index is 14.7. The first-order valence-corrected chi connectivity index (χ1v) is 25.4. The van der Waals surface area contributed by atoms with Gasteiger partial charge in [0.25, 0.3) is 5.91 Å². The number of likely N-dealkylation sites (N-methyl/N-ethyl adjacent to an activating group) is 1. The van der Waals surface area contributed by atoms with Crippen LogP contribution in [0.15, 0.2) is 64.8 Å². The minimum Gasteiger partial charge on any atom is -0.449 e. The lowest BCUT2D eigenvalue weighted by Crippen LogP contribution is -2.59. The number of carbonyl (C=O) groups excluding carboxylic acids is 3. The summed E-state index contributed by atoms with van der Waals surface area (Å²) in [6.07, 6.45) is 15.6. The van der Waals surface area contributed by atoms with Crippen LogP contribution in [-0.4, -0.2) is 116 Å². The molecule has 12 heteroatoms. The largest absolute Gasteiger partial charge is 0.449 e. The zero-order valence-electron chi connectivity index (χ0n) is 40.2. The minimum absolute atomic E-state index is 0.00536. The number of benzene rings is 1. The van der Waals surface area contributed by atoms with E-state index in [0.29, 0.717) is 75.8 Å². The van der Waals surface area contributed by atoms with Crippen LogP contribution < -0.4 is 8.85 Å². The summed E-state index contributed by atoms with van der Waals surface area (Å²) in [5, 5.41) is 3.01. The molecule has 0 saturated carbocycles. The van der Waals surface area contributed by atoms with Gasteiger partial charge in [-0.2, -0.15) is 0 Å². The van der Waals surface area contributed by atoms with E-state index in [0.717, 1.165) is 24.1 Å². The smallest absolute Gasteiger partial charge is 0.415 e. The van der Waals surface area contributed by atoms with Crippen molar-refractivity contribution >= 4 is 46.3 Å². The van der Waals surface area contributed by atoms with Crippen molar-refractivity contribution in [3.8, 4) is 0 Å². The second-order valence-corrected chi connectivity index (χ2v) is 21.4. The molecule has 0 aromatic heterocycles. The molecule has 6 unspecified atom stereocenters. The molecule has 0 radical (unpaired) electrons. The number of nitrogens with zero attached hydrogens (tertiary/aromatic N) is 3. The van der Waals surface area contributed by atoms with Crippen LogP contribution >= 0.6 is 22.9 Å². The molecule has 352 valence electrons. The number of fused-ring (bicyclic) bond motifs is 4. The monoisotopic (exact) mass is 993 g/mol. The Bertz CT molecular complexity index is 2020. The first kappa shape index (κ1) is 48.9. The normalized spacial score (nSPS) is 27.1. The van der Waals surface area contributed by atoms with Crippen LogP contribution in [0.2, 0.25) is 0 Å². The van der Waals surface area contributed by atoms with E-state index in [1.54, 1.807) is 28.4 Å². The highest BCUT2D eigenvalue weighted by Gasteiger charge is 2.56. The van der Waals surface area contributed by atoms with Gasteiger partial charge in [-0.25, -0.2) is 4.79 Å². The van der Waals surface area contributed by atoms with Crippen molar-refractivity contribution in [1.82, 2.24) is 23.5 Å². The van der Waals surface area contributed by atoms with Gasteiger partial charge < -0.3 is 24.4 Å². The van der Waals surface area contributed by atoms with Gasteiger partial charge in [-0.3, -0.25) is 22.9 Å². The van der Waals surface area contributed by atoms with Crippen molar-refractivity contribution in [3.05, 3.63) is 75.9 Å². The molecule has 0 spiro atoms. The predicted molar refractivity (Wildman–Crippen MR) is 263 cm³/mol. The Labute approximate surface area is 397 Å². The second-order valence-electron chi connectivity index (χ2n) is 20.9. The molecule has 7 rings (SSSR count). The highest BCUT2D eigenvalue weighted by molar-refractivity contribution is 14.1. The zero-order valence-corrected chi connectivity index (χ0v) is 42.4. The third-order valence-corrected chi connectivity index (χ3v) is 15.8. The van der Waals surface area contributed by atoms with Crippen LogP contribution in [0.1, 0.15) is 129 Å². The average Bonchev–Trinajstić information content (AvgIpc) is 3.25. The van der Waals surface area contributed by atoms with E-state index < -0.39 is 11.9 Å².